The van der Waals surface area contributed by atoms with Crippen molar-refractivity contribution < 1.29 is 5.11 Å². The maximum absolute atomic E-state index is 10.4. The van der Waals surface area contributed by atoms with Crippen molar-refractivity contribution in [1.29, 1.82) is 0 Å². The van der Waals surface area contributed by atoms with Crippen LogP contribution in [0.4, 0.5) is 0 Å². The molecule has 104 valence electrons. The molecule has 0 amide bonds. The summed E-state index contributed by atoms with van der Waals surface area (Å²) in [7, 11) is 0. The van der Waals surface area contributed by atoms with Crippen LogP contribution in [-0.2, 0) is 13.0 Å². The Kier molecular flexibility index (Phi) is 3.42. The number of aryl methyl sites for hydroxylation is 1. The van der Waals surface area contributed by atoms with Crippen molar-refractivity contribution in [2.24, 2.45) is 0 Å². The Morgan fingerprint density at radius 2 is 2.20 bits per heavy atom. The number of aliphatic hydroxyl groups excluding tert-OH is 1. The van der Waals surface area contributed by atoms with E-state index in [9.17, 15) is 5.11 Å². The van der Waals surface area contributed by atoms with Gasteiger partial charge in [0.05, 0.1) is 24.0 Å². The zero-order valence-corrected chi connectivity index (χ0v) is 11.2. The highest BCUT2D eigenvalue weighted by Crippen LogP contribution is 2.21. The maximum Gasteiger partial charge on any atom is 0.138 e. The molecule has 0 aliphatic carbocycles. The second kappa shape index (κ2) is 5.38. The van der Waals surface area contributed by atoms with Crippen LogP contribution in [0.2, 0.25) is 0 Å². The van der Waals surface area contributed by atoms with E-state index in [-0.39, 0.29) is 0 Å². The first-order valence-corrected chi connectivity index (χ1v) is 6.61. The molecule has 7 heteroatoms. The second-order valence-electron chi connectivity index (χ2n) is 4.63. The normalized spacial score (nSPS) is 12.9. The lowest BCUT2D eigenvalue weighted by Crippen LogP contribution is -2.10. The summed E-state index contributed by atoms with van der Waals surface area (Å²) in [6, 6.07) is 0. The van der Waals surface area contributed by atoms with E-state index in [1.165, 1.54) is 6.33 Å². The molecule has 3 heterocycles. The van der Waals surface area contributed by atoms with Gasteiger partial charge >= 0.3 is 0 Å². The van der Waals surface area contributed by atoms with Crippen LogP contribution in [0.3, 0.4) is 0 Å². The Balaban J connectivity index is 1.85. The third-order valence-corrected chi connectivity index (χ3v) is 3.22. The molecular formula is C13H16N6O. The quantitative estimate of drug-likeness (QED) is 0.749. The lowest BCUT2D eigenvalue weighted by Gasteiger charge is -2.09. The average molecular weight is 272 g/mol. The van der Waals surface area contributed by atoms with Crippen molar-refractivity contribution in [3.63, 3.8) is 0 Å². The smallest absolute Gasteiger partial charge is 0.138 e. The molecule has 0 aliphatic rings. The van der Waals surface area contributed by atoms with Gasteiger partial charge < -0.3 is 5.11 Å². The van der Waals surface area contributed by atoms with Crippen molar-refractivity contribution in [2.75, 3.05) is 0 Å². The molecule has 3 aromatic rings. The van der Waals surface area contributed by atoms with Crippen LogP contribution in [0.5, 0.6) is 0 Å². The highest BCUT2D eigenvalue weighted by Gasteiger charge is 2.17. The molecule has 0 saturated carbocycles. The Labute approximate surface area is 115 Å². The number of aromatic nitrogens is 6. The van der Waals surface area contributed by atoms with Gasteiger partial charge in [-0.2, -0.15) is 10.2 Å². The van der Waals surface area contributed by atoms with Crippen LogP contribution in [0, 0.1) is 0 Å². The number of rotatable bonds is 5. The molecule has 3 aromatic heterocycles. The molecule has 1 atom stereocenters. The standard InChI is InChI=1S/C13H16N6O/c1-2-4-19-13(15-9-17-19)6-12(20)10-7-16-18-5-3-14-8-11(10)18/h3,5,7-9,12,20H,2,4,6H2,1H3. The van der Waals surface area contributed by atoms with Gasteiger partial charge in [0.25, 0.3) is 0 Å². The Morgan fingerprint density at radius 1 is 1.30 bits per heavy atom. The van der Waals surface area contributed by atoms with Crippen LogP contribution in [0.1, 0.15) is 30.8 Å². The largest absolute Gasteiger partial charge is 0.388 e. The van der Waals surface area contributed by atoms with Crippen molar-refractivity contribution in [1.82, 2.24) is 29.4 Å². The first-order chi connectivity index (χ1) is 9.79. The molecule has 3 rings (SSSR count). The summed E-state index contributed by atoms with van der Waals surface area (Å²) in [4.78, 5) is 8.28. The third-order valence-electron chi connectivity index (χ3n) is 3.22. The lowest BCUT2D eigenvalue weighted by atomic mass is 10.1. The van der Waals surface area contributed by atoms with Gasteiger partial charge in [0.2, 0.25) is 0 Å². The fraction of sp³-hybridized carbons (Fsp3) is 0.385. The Morgan fingerprint density at radius 3 is 3.05 bits per heavy atom. The van der Waals surface area contributed by atoms with E-state index in [1.807, 2.05) is 4.68 Å². The lowest BCUT2D eigenvalue weighted by molar-refractivity contribution is 0.175. The van der Waals surface area contributed by atoms with Crippen molar-refractivity contribution in [3.05, 3.63) is 42.5 Å². The minimum absolute atomic E-state index is 0.413. The summed E-state index contributed by atoms with van der Waals surface area (Å²) in [6.07, 6.45) is 9.03. The van der Waals surface area contributed by atoms with Gasteiger partial charge in [-0.3, -0.25) is 9.67 Å². The van der Waals surface area contributed by atoms with E-state index < -0.39 is 6.10 Å². The monoisotopic (exact) mass is 272 g/mol. The van der Waals surface area contributed by atoms with Crippen LogP contribution in [-0.4, -0.2) is 34.5 Å². The van der Waals surface area contributed by atoms with E-state index in [1.54, 1.807) is 29.3 Å². The maximum atomic E-state index is 10.4. The molecule has 1 unspecified atom stereocenters. The Hall–Kier alpha value is -2.28. The fourth-order valence-corrected chi connectivity index (χ4v) is 2.24. The molecular weight excluding hydrogens is 256 g/mol. The molecule has 0 aromatic carbocycles. The zero-order valence-electron chi connectivity index (χ0n) is 11.2. The molecule has 0 bridgehead atoms. The molecule has 0 fully saturated rings. The molecule has 0 spiro atoms. The van der Waals surface area contributed by atoms with E-state index in [0.717, 1.165) is 29.9 Å². The van der Waals surface area contributed by atoms with Gasteiger partial charge in [-0.15, -0.1) is 0 Å². The van der Waals surface area contributed by atoms with E-state index in [4.69, 9.17) is 0 Å². The summed E-state index contributed by atoms with van der Waals surface area (Å²) in [5.41, 5.74) is 1.56. The Bertz CT molecular complexity index is 704. The van der Waals surface area contributed by atoms with Gasteiger partial charge in [-0.1, -0.05) is 6.92 Å². The van der Waals surface area contributed by atoms with Gasteiger partial charge in [0, 0.05) is 30.9 Å². The van der Waals surface area contributed by atoms with Crippen LogP contribution >= 0.6 is 0 Å². The van der Waals surface area contributed by atoms with Gasteiger partial charge in [-0.05, 0) is 6.42 Å². The van der Waals surface area contributed by atoms with Crippen LogP contribution in [0.25, 0.3) is 5.52 Å². The summed E-state index contributed by atoms with van der Waals surface area (Å²) >= 11 is 0. The number of hydrogen-bond acceptors (Lipinski definition) is 5. The van der Waals surface area contributed by atoms with E-state index >= 15 is 0 Å². The first-order valence-electron chi connectivity index (χ1n) is 6.61. The summed E-state index contributed by atoms with van der Waals surface area (Å²) in [6.45, 7) is 2.89. The fourth-order valence-electron chi connectivity index (χ4n) is 2.24. The highest BCUT2D eigenvalue weighted by molar-refractivity contribution is 5.52. The van der Waals surface area contributed by atoms with Gasteiger partial charge in [-0.25, -0.2) is 9.50 Å². The molecule has 7 nitrogen and oxygen atoms in total. The van der Waals surface area contributed by atoms with Crippen molar-refractivity contribution in [3.8, 4) is 0 Å². The minimum Gasteiger partial charge on any atom is -0.388 e. The summed E-state index contributed by atoms with van der Waals surface area (Å²) in [5, 5.41) is 18.8. The number of fused-ring (bicyclic) bond motifs is 1. The summed E-state index contributed by atoms with van der Waals surface area (Å²) < 4.78 is 3.52. The van der Waals surface area contributed by atoms with Gasteiger partial charge in [0.1, 0.15) is 12.2 Å². The third kappa shape index (κ3) is 2.27. The van der Waals surface area contributed by atoms with Crippen LogP contribution in [0.15, 0.2) is 31.1 Å². The first kappa shape index (κ1) is 12.7. The molecule has 0 radical (unpaired) electrons. The topological polar surface area (TPSA) is 81.1 Å². The highest BCUT2D eigenvalue weighted by atomic mass is 16.3. The van der Waals surface area contributed by atoms with Crippen molar-refractivity contribution in [2.45, 2.75) is 32.4 Å². The molecule has 0 saturated heterocycles. The average Bonchev–Trinajstić information content (AvgIpc) is 3.06. The predicted octanol–water partition coefficient (Wildman–Crippen LogP) is 1.01. The van der Waals surface area contributed by atoms with E-state index in [0.29, 0.717) is 6.42 Å². The second-order valence-corrected chi connectivity index (χ2v) is 4.63. The number of aliphatic hydroxyl groups is 1. The van der Waals surface area contributed by atoms with Crippen LogP contribution < -0.4 is 0 Å². The van der Waals surface area contributed by atoms with Crippen molar-refractivity contribution >= 4 is 5.52 Å². The molecule has 1 N–H and O–H groups in total. The predicted molar refractivity (Wildman–Crippen MR) is 72.0 cm³/mol. The zero-order chi connectivity index (χ0) is 13.9. The molecule has 0 aliphatic heterocycles. The van der Waals surface area contributed by atoms with Gasteiger partial charge in [0.15, 0.2) is 0 Å². The summed E-state index contributed by atoms with van der Waals surface area (Å²) in [5.74, 6) is 0.780. The number of nitrogens with zero attached hydrogens (tertiary/aromatic N) is 6. The SMILES string of the molecule is CCCn1ncnc1CC(O)c1cnn2ccncc12. The minimum atomic E-state index is -0.670. The molecule has 20 heavy (non-hydrogen) atoms. The van der Waals surface area contributed by atoms with E-state index in [2.05, 4.69) is 27.1 Å². The number of hydrogen-bond donors (Lipinski definition) is 1.